The number of hydrogen-bond acceptors (Lipinski definition) is 4. The molecule has 0 radical (unpaired) electrons. The van der Waals surface area contributed by atoms with Crippen molar-refractivity contribution in [2.75, 3.05) is 6.54 Å². The minimum Gasteiger partial charge on any atom is -0.391 e. The normalized spacial score (nSPS) is 13.2. The summed E-state index contributed by atoms with van der Waals surface area (Å²) in [7, 11) is 0. The molecular weight excluding hydrogens is 218 g/mol. The lowest BCUT2D eigenvalue weighted by atomic mass is 9.89. The number of nitrogens with zero attached hydrogens (tertiary/aromatic N) is 2. The van der Waals surface area contributed by atoms with E-state index in [0.29, 0.717) is 12.0 Å². The van der Waals surface area contributed by atoms with E-state index in [1.165, 1.54) is 18.7 Å². The third-order valence-corrected chi connectivity index (χ3v) is 2.17. The minimum atomic E-state index is -0.538. The number of amides is 1. The highest BCUT2D eigenvalue weighted by Crippen LogP contribution is 2.20. The maximum atomic E-state index is 11.6. The molecule has 17 heavy (non-hydrogen) atoms. The molecular formula is C12H19N3O2. The lowest BCUT2D eigenvalue weighted by molar-refractivity contribution is 0.0868. The monoisotopic (exact) mass is 237 g/mol. The van der Waals surface area contributed by atoms with Crippen molar-refractivity contribution in [3.63, 3.8) is 0 Å². The number of aliphatic hydroxyl groups is 1. The Bertz CT molecular complexity index is 360. The maximum Gasteiger partial charge on any atom is 0.254 e. The first-order valence-electron chi connectivity index (χ1n) is 5.60. The first-order valence-corrected chi connectivity index (χ1v) is 5.60. The van der Waals surface area contributed by atoms with Crippen LogP contribution in [0.3, 0.4) is 0 Å². The van der Waals surface area contributed by atoms with Gasteiger partial charge < -0.3 is 10.4 Å². The van der Waals surface area contributed by atoms with Gasteiger partial charge in [0.05, 0.1) is 11.7 Å². The van der Waals surface area contributed by atoms with Crippen molar-refractivity contribution in [3.8, 4) is 0 Å². The van der Waals surface area contributed by atoms with Gasteiger partial charge in [0.15, 0.2) is 0 Å². The Morgan fingerprint density at radius 3 is 2.53 bits per heavy atom. The minimum absolute atomic E-state index is 0.0417. The second kappa shape index (κ2) is 5.72. The highest BCUT2D eigenvalue weighted by atomic mass is 16.3. The Morgan fingerprint density at radius 2 is 2.00 bits per heavy atom. The van der Waals surface area contributed by atoms with E-state index in [1.807, 2.05) is 20.8 Å². The molecule has 0 fully saturated rings. The molecule has 1 unspecified atom stereocenters. The summed E-state index contributed by atoms with van der Waals surface area (Å²) in [6.45, 7) is 6.38. The van der Waals surface area contributed by atoms with Gasteiger partial charge >= 0.3 is 0 Å². The van der Waals surface area contributed by atoms with E-state index < -0.39 is 6.10 Å². The van der Waals surface area contributed by atoms with Crippen LogP contribution in [0, 0.1) is 5.41 Å². The van der Waals surface area contributed by atoms with Crippen LogP contribution in [0.5, 0.6) is 0 Å². The first kappa shape index (κ1) is 13.6. The fourth-order valence-electron chi connectivity index (χ4n) is 1.51. The molecule has 1 atom stereocenters. The van der Waals surface area contributed by atoms with E-state index in [0.717, 1.165) is 0 Å². The summed E-state index contributed by atoms with van der Waals surface area (Å²) >= 11 is 0. The van der Waals surface area contributed by atoms with Crippen LogP contribution >= 0.6 is 0 Å². The predicted molar refractivity (Wildman–Crippen MR) is 64.4 cm³/mol. The maximum absolute atomic E-state index is 11.6. The molecule has 0 saturated heterocycles. The van der Waals surface area contributed by atoms with Gasteiger partial charge in [-0.25, -0.2) is 9.97 Å². The lowest BCUT2D eigenvalue weighted by Gasteiger charge is -2.22. The Labute approximate surface area is 101 Å². The zero-order chi connectivity index (χ0) is 12.9. The average molecular weight is 237 g/mol. The van der Waals surface area contributed by atoms with Gasteiger partial charge in [-0.05, 0) is 11.8 Å². The molecule has 5 nitrogen and oxygen atoms in total. The third-order valence-electron chi connectivity index (χ3n) is 2.17. The third kappa shape index (κ3) is 5.40. The molecule has 0 aliphatic rings. The summed E-state index contributed by atoms with van der Waals surface area (Å²) in [5.41, 5.74) is 0.440. The summed E-state index contributed by atoms with van der Waals surface area (Å²) in [6, 6.07) is 0. The molecule has 1 aromatic rings. The molecule has 0 bridgehead atoms. The highest BCUT2D eigenvalue weighted by Gasteiger charge is 2.17. The molecule has 94 valence electrons. The van der Waals surface area contributed by atoms with Crippen LogP contribution in [0.15, 0.2) is 18.7 Å². The molecule has 0 aromatic carbocycles. The first-order chi connectivity index (χ1) is 7.88. The molecule has 1 heterocycles. The topological polar surface area (TPSA) is 75.1 Å². The number of nitrogens with one attached hydrogen (secondary N) is 1. The van der Waals surface area contributed by atoms with Crippen LogP contribution in [-0.2, 0) is 0 Å². The second-order valence-corrected chi connectivity index (χ2v) is 5.26. The molecule has 1 aromatic heterocycles. The number of carbonyl (C=O) groups excluding carboxylic acids is 1. The zero-order valence-corrected chi connectivity index (χ0v) is 10.5. The molecule has 5 heteroatoms. The van der Waals surface area contributed by atoms with E-state index >= 15 is 0 Å². The lowest BCUT2D eigenvalue weighted by Crippen LogP contribution is -2.34. The molecule has 1 rings (SSSR count). The van der Waals surface area contributed by atoms with E-state index in [2.05, 4.69) is 15.3 Å². The SMILES string of the molecule is CC(C)(C)CC(O)CNC(=O)c1cncnc1. The summed E-state index contributed by atoms with van der Waals surface area (Å²) in [4.78, 5) is 19.1. The number of hydrogen-bond donors (Lipinski definition) is 2. The van der Waals surface area contributed by atoms with Crippen LogP contribution in [-0.4, -0.2) is 33.6 Å². The molecule has 0 saturated carbocycles. The Hall–Kier alpha value is -1.49. The van der Waals surface area contributed by atoms with E-state index in [9.17, 15) is 9.90 Å². The van der Waals surface area contributed by atoms with Gasteiger partial charge in [-0.3, -0.25) is 4.79 Å². The highest BCUT2D eigenvalue weighted by molar-refractivity contribution is 5.93. The number of rotatable bonds is 4. The molecule has 0 aliphatic heterocycles. The van der Waals surface area contributed by atoms with Gasteiger partial charge in [0.2, 0.25) is 0 Å². The van der Waals surface area contributed by atoms with Gasteiger partial charge in [-0.2, -0.15) is 0 Å². The van der Waals surface area contributed by atoms with Crippen LogP contribution in [0.2, 0.25) is 0 Å². The largest absolute Gasteiger partial charge is 0.391 e. The molecule has 2 N–H and O–H groups in total. The van der Waals surface area contributed by atoms with Crippen molar-refractivity contribution in [1.82, 2.24) is 15.3 Å². The van der Waals surface area contributed by atoms with Gasteiger partial charge in [0.25, 0.3) is 5.91 Å². The Kier molecular flexibility index (Phi) is 4.57. The van der Waals surface area contributed by atoms with Crippen LogP contribution in [0.4, 0.5) is 0 Å². The number of carbonyl (C=O) groups is 1. The average Bonchev–Trinajstić information content (AvgIpc) is 2.25. The summed E-state index contributed by atoms with van der Waals surface area (Å²) in [5.74, 6) is -0.265. The predicted octanol–water partition coefficient (Wildman–Crippen LogP) is 1.00. The van der Waals surface area contributed by atoms with E-state index in [-0.39, 0.29) is 17.9 Å². The zero-order valence-electron chi connectivity index (χ0n) is 10.5. The van der Waals surface area contributed by atoms with E-state index in [1.54, 1.807) is 0 Å². The summed E-state index contributed by atoms with van der Waals surface area (Å²) < 4.78 is 0. The van der Waals surface area contributed by atoms with Crippen molar-refractivity contribution >= 4 is 5.91 Å². The van der Waals surface area contributed by atoms with Gasteiger partial charge in [-0.15, -0.1) is 0 Å². The van der Waals surface area contributed by atoms with E-state index in [4.69, 9.17) is 0 Å². The second-order valence-electron chi connectivity index (χ2n) is 5.26. The molecule has 1 amide bonds. The number of aromatic nitrogens is 2. The van der Waals surface area contributed by atoms with Crippen molar-refractivity contribution < 1.29 is 9.90 Å². The standard InChI is InChI=1S/C12H19N3O2/c1-12(2,3)4-10(16)7-15-11(17)9-5-13-8-14-6-9/h5-6,8,10,16H,4,7H2,1-3H3,(H,15,17). The van der Waals surface area contributed by atoms with Crippen molar-refractivity contribution in [2.24, 2.45) is 5.41 Å². The Balaban J connectivity index is 2.39. The van der Waals surface area contributed by atoms with Gasteiger partial charge in [-0.1, -0.05) is 20.8 Å². The van der Waals surface area contributed by atoms with Crippen LogP contribution < -0.4 is 5.32 Å². The van der Waals surface area contributed by atoms with Crippen LogP contribution in [0.1, 0.15) is 37.6 Å². The summed E-state index contributed by atoms with van der Waals surface area (Å²) in [6.07, 6.45) is 4.35. The van der Waals surface area contributed by atoms with Crippen molar-refractivity contribution in [3.05, 3.63) is 24.3 Å². The fraction of sp³-hybridized carbons (Fsp3) is 0.583. The molecule has 0 aliphatic carbocycles. The van der Waals surface area contributed by atoms with Crippen molar-refractivity contribution in [1.29, 1.82) is 0 Å². The van der Waals surface area contributed by atoms with Gasteiger partial charge in [0.1, 0.15) is 6.33 Å². The summed E-state index contributed by atoms with van der Waals surface area (Å²) in [5, 5.41) is 12.4. The Morgan fingerprint density at radius 1 is 1.41 bits per heavy atom. The van der Waals surface area contributed by atoms with Gasteiger partial charge in [0, 0.05) is 18.9 Å². The van der Waals surface area contributed by atoms with Crippen LogP contribution in [0.25, 0.3) is 0 Å². The smallest absolute Gasteiger partial charge is 0.254 e. The fourth-order valence-corrected chi connectivity index (χ4v) is 1.51. The van der Waals surface area contributed by atoms with Crippen molar-refractivity contribution in [2.45, 2.75) is 33.3 Å². The quantitative estimate of drug-likeness (QED) is 0.819. The molecule has 0 spiro atoms. The number of aliphatic hydroxyl groups excluding tert-OH is 1.